The van der Waals surface area contributed by atoms with Gasteiger partial charge in [-0.1, -0.05) is 24.4 Å². The lowest BCUT2D eigenvalue weighted by molar-refractivity contribution is 0.102. The maximum Gasteiger partial charge on any atom is 0.257 e. The molecule has 1 aromatic heterocycles. The zero-order chi connectivity index (χ0) is 20.1. The van der Waals surface area contributed by atoms with E-state index in [0.717, 1.165) is 25.3 Å². The van der Waals surface area contributed by atoms with Crippen LogP contribution in [-0.4, -0.2) is 44.3 Å². The van der Waals surface area contributed by atoms with Gasteiger partial charge in [0.25, 0.3) is 5.91 Å². The summed E-state index contributed by atoms with van der Waals surface area (Å²) >= 11 is 7.32. The first kappa shape index (κ1) is 21.2. The van der Waals surface area contributed by atoms with Gasteiger partial charge >= 0.3 is 0 Å². The number of anilines is 1. The molecule has 0 saturated carbocycles. The minimum Gasteiger partial charge on any atom is -0.298 e. The number of carbonyl (C=O) groups excluding carboxylic acids is 1. The van der Waals surface area contributed by atoms with Crippen molar-refractivity contribution in [1.29, 1.82) is 0 Å². The number of halogens is 1. The van der Waals surface area contributed by atoms with Crippen LogP contribution >= 0.6 is 22.9 Å². The van der Waals surface area contributed by atoms with Crippen molar-refractivity contribution in [1.82, 2.24) is 14.6 Å². The van der Waals surface area contributed by atoms with E-state index in [0.29, 0.717) is 5.13 Å². The summed E-state index contributed by atoms with van der Waals surface area (Å²) < 4.78 is 26.3. The van der Waals surface area contributed by atoms with Gasteiger partial charge in [0.1, 0.15) is 4.90 Å². The van der Waals surface area contributed by atoms with Gasteiger partial charge < -0.3 is 0 Å². The average Bonchev–Trinajstić information content (AvgIpc) is 2.94. The van der Waals surface area contributed by atoms with Gasteiger partial charge in [-0.15, -0.1) is 11.3 Å². The number of likely N-dealkylation sites (tertiary alicyclic amines) is 1. The molecule has 0 bridgehead atoms. The van der Waals surface area contributed by atoms with Crippen LogP contribution in [-0.2, 0) is 16.6 Å². The third-order valence-electron chi connectivity index (χ3n) is 4.61. The monoisotopic (exact) mass is 442 g/mol. The van der Waals surface area contributed by atoms with Crippen molar-refractivity contribution in [2.24, 2.45) is 0 Å². The van der Waals surface area contributed by atoms with E-state index in [9.17, 15) is 13.2 Å². The van der Waals surface area contributed by atoms with E-state index < -0.39 is 15.9 Å². The Kier molecular flexibility index (Phi) is 7.05. The zero-order valence-electron chi connectivity index (χ0n) is 15.6. The van der Waals surface area contributed by atoms with Crippen molar-refractivity contribution in [3.63, 3.8) is 0 Å². The van der Waals surface area contributed by atoms with Crippen LogP contribution < -0.4 is 10.0 Å². The number of amides is 1. The Morgan fingerprint density at radius 3 is 2.64 bits per heavy atom. The summed E-state index contributed by atoms with van der Waals surface area (Å²) in [6.07, 6.45) is 4.98. The molecule has 1 saturated heterocycles. The van der Waals surface area contributed by atoms with Gasteiger partial charge in [0, 0.05) is 17.5 Å². The number of hydrogen-bond donors (Lipinski definition) is 2. The highest BCUT2D eigenvalue weighted by Gasteiger charge is 2.19. The molecule has 3 rings (SSSR count). The molecule has 10 heteroatoms. The molecule has 1 aliphatic rings. The number of hydrogen-bond acceptors (Lipinski definition) is 6. The third-order valence-corrected chi connectivity index (χ3v) is 7.31. The van der Waals surface area contributed by atoms with Gasteiger partial charge in [-0.2, -0.15) is 0 Å². The van der Waals surface area contributed by atoms with Crippen LogP contribution in [0.5, 0.6) is 0 Å². The molecular weight excluding hydrogens is 420 g/mol. The van der Waals surface area contributed by atoms with E-state index in [4.69, 9.17) is 11.6 Å². The summed E-state index contributed by atoms with van der Waals surface area (Å²) in [5.41, 5.74) is 1.12. The molecule has 0 radical (unpaired) electrons. The van der Waals surface area contributed by atoms with Gasteiger partial charge in [0.15, 0.2) is 5.13 Å². The molecule has 7 nitrogen and oxygen atoms in total. The second kappa shape index (κ2) is 9.32. The SMILES string of the molecule is CNS(=O)(=O)c1cc(C(=O)Nc2nc(CN3CCCCCC3)cs2)ccc1Cl. The molecule has 0 spiro atoms. The molecule has 1 fully saturated rings. The zero-order valence-corrected chi connectivity index (χ0v) is 18.0. The van der Waals surface area contributed by atoms with Crippen molar-refractivity contribution in [3.05, 3.63) is 39.9 Å². The first-order valence-electron chi connectivity index (χ1n) is 9.10. The maximum absolute atomic E-state index is 12.5. The average molecular weight is 443 g/mol. The number of aromatic nitrogens is 1. The lowest BCUT2D eigenvalue weighted by atomic mass is 10.2. The van der Waals surface area contributed by atoms with E-state index >= 15 is 0 Å². The van der Waals surface area contributed by atoms with Gasteiger partial charge in [0.2, 0.25) is 10.0 Å². The van der Waals surface area contributed by atoms with Crippen molar-refractivity contribution in [2.75, 3.05) is 25.5 Å². The Bertz CT molecular complexity index is 938. The Balaban J connectivity index is 1.68. The highest BCUT2D eigenvalue weighted by Crippen LogP contribution is 2.24. The Labute approximate surface area is 174 Å². The Morgan fingerprint density at radius 1 is 1.25 bits per heavy atom. The minimum atomic E-state index is -3.75. The highest BCUT2D eigenvalue weighted by molar-refractivity contribution is 7.89. The topological polar surface area (TPSA) is 91.4 Å². The van der Waals surface area contributed by atoms with Crippen LogP contribution in [0.25, 0.3) is 0 Å². The molecule has 2 N–H and O–H groups in total. The first-order chi connectivity index (χ1) is 13.4. The van der Waals surface area contributed by atoms with E-state index in [1.54, 1.807) is 0 Å². The molecule has 0 atom stereocenters. The molecule has 2 heterocycles. The van der Waals surface area contributed by atoms with Gasteiger partial charge in [-0.3, -0.25) is 15.0 Å². The van der Waals surface area contributed by atoms with E-state index in [1.807, 2.05) is 5.38 Å². The summed E-state index contributed by atoms with van der Waals surface area (Å²) in [5, 5.41) is 5.22. The number of benzene rings is 1. The smallest absolute Gasteiger partial charge is 0.257 e. The summed E-state index contributed by atoms with van der Waals surface area (Å²) in [5.74, 6) is -0.431. The van der Waals surface area contributed by atoms with E-state index in [1.165, 1.54) is 62.3 Å². The quantitative estimate of drug-likeness (QED) is 0.715. The Morgan fingerprint density at radius 2 is 1.96 bits per heavy atom. The summed E-state index contributed by atoms with van der Waals surface area (Å²) in [4.78, 5) is 19.3. The lowest BCUT2D eigenvalue weighted by Crippen LogP contribution is -2.24. The van der Waals surface area contributed by atoms with Crippen LogP contribution in [0.15, 0.2) is 28.5 Å². The molecule has 152 valence electrons. The van der Waals surface area contributed by atoms with Crippen molar-refractivity contribution >= 4 is 44.0 Å². The normalized spacial score (nSPS) is 15.9. The molecule has 1 amide bonds. The molecule has 2 aromatic rings. The largest absolute Gasteiger partial charge is 0.298 e. The molecule has 28 heavy (non-hydrogen) atoms. The number of nitrogens with one attached hydrogen (secondary N) is 2. The number of carbonyl (C=O) groups is 1. The van der Waals surface area contributed by atoms with Crippen LogP contribution in [0, 0.1) is 0 Å². The maximum atomic E-state index is 12.5. The van der Waals surface area contributed by atoms with Crippen LogP contribution in [0.2, 0.25) is 5.02 Å². The molecule has 0 unspecified atom stereocenters. The standard InChI is InChI=1S/C18H23ClN4O3S2/c1-20-28(25,26)16-10-13(6-7-15(16)19)17(24)22-18-21-14(12-27-18)11-23-8-4-2-3-5-9-23/h6-7,10,12,20H,2-5,8-9,11H2,1H3,(H,21,22,24). The summed E-state index contributed by atoms with van der Waals surface area (Å²) in [7, 11) is -2.46. The number of rotatable bonds is 6. The summed E-state index contributed by atoms with van der Waals surface area (Å²) in [6, 6.07) is 4.14. The molecule has 0 aliphatic carbocycles. The van der Waals surface area contributed by atoms with E-state index in [-0.39, 0.29) is 15.5 Å². The number of nitrogens with zero attached hydrogens (tertiary/aromatic N) is 2. The van der Waals surface area contributed by atoms with Crippen molar-refractivity contribution < 1.29 is 13.2 Å². The second-order valence-electron chi connectivity index (χ2n) is 6.64. The fourth-order valence-electron chi connectivity index (χ4n) is 3.09. The fraction of sp³-hybridized carbons (Fsp3) is 0.444. The van der Waals surface area contributed by atoms with E-state index in [2.05, 4.69) is 19.9 Å². The van der Waals surface area contributed by atoms with Crippen LogP contribution in [0.3, 0.4) is 0 Å². The molecule has 1 aromatic carbocycles. The van der Waals surface area contributed by atoms with Crippen LogP contribution in [0.4, 0.5) is 5.13 Å². The fourth-order valence-corrected chi connectivity index (χ4v) is 5.04. The molecule has 1 aliphatic heterocycles. The predicted molar refractivity (Wildman–Crippen MR) is 112 cm³/mol. The Hall–Kier alpha value is -1.52. The first-order valence-corrected chi connectivity index (χ1v) is 11.8. The van der Waals surface area contributed by atoms with Crippen LogP contribution in [0.1, 0.15) is 41.7 Å². The molecular formula is C18H23ClN4O3S2. The third kappa shape index (κ3) is 5.30. The van der Waals surface area contributed by atoms with Gasteiger partial charge in [0.05, 0.1) is 10.7 Å². The second-order valence-corrected chi connectivity index (χ2v) is 9.76. The highest BCUT2D eigenvalue weighted by atomic mass is 35.5. The summed E-state index contributed by atoms with van der Waals surface area (Å²) in [6.45, 7) is 2.93. The predicted octanol–water partition coefficient (Wildman–Crippen LogP) is 3.33. The lowest BCUT2D eigenvalue weighted by Gasteiger charge is -2.17. The number of thiazole rings is 1. The van der Waals surface area contributed by atoms with Crippen molar-refractivity contribution in [2.45, 2.75) is 37.1 Å². The minimum absolute atomic E-state index is 0.0554. The van der Waals surface area contributed by atoms with Gasteiger partial charge in [-0.05, 0) is 51.2 Å². The number of sulfonamides is 1. The van der Waals surface area contributed by atoms with Crippen molar-refractivity contribution in [3.8, 4) is 0 Å². The van der Waals surface area contributed by atoms with Gasteiger partial charge in [-0.25, -0.2) is 18.1 Å².